The van der Waals surface area contributed by atoms with E-state index in [9.17, 15) is 27.6 Å². The van der Waals surface area contributed by atoms with E-state index in [-0.39, 0.29) is 11.4 Å². The first-order valence-electron chi connectivity index (χ1n) is 7.36. The second-order valence-electron chi connectivity index (χ2n) is 5.38. The van der Waals surface area contributed by atoms with Gasteiger partial charge in [-0.1, -0.05) is 24.3 Å². The number of halogens is 3. The number of hydrogen-bond donors (Lipinski definition) is 1. The molecule has 0 aromatic heterocycles. The third-order valence-electron chi connectivity index (χ3n) is 3.56. The number of carbonyl (C=O) groups is 3. The van der Waals surface area contributed by atoms with Gasteiger partial charge in [0.2, 0.25) is 11.8 Å². The summed E-state index contributed by atoms with van der Waals surface area (Å²) in [5, 5.41) is 2.05. The van der Waals surface area contributed by atoms with E-state index >= 15 is 0 Å². The van der Waals surface area contributed by atoms with Gasteiger partial charge >= 0.3 is 12.4 Å². The Morgan fingerprint density at radius 2 is 1.42 bits per heavy atom. The summed E-state index contributed by atoms with van der Waals surface area (Å²) >= 11 is 0. The lowest BCUT2D eigenvalue weighted by Gasteiger charge is -2.24. The van der Waals surface area contributed by atoms with Crippen LogP contribution in [0.1, 0.15) is 6.42 Å². The number of benzene rings is 2. The molecule has 0 atom stereocenters. The number of rotatable bonds is 3. The first-order valence-corrected chi connectivity index (χ1v) is 7.36. The summed E-state index contributed by atoms with van der Waals surface area (Å²) in [7, 11) is 0. The minimum atomic E-state index is -4.76. The second kappa shape index (κ2) is 6.51. The highest BCUT2D eigenvalue weighted by Crippen LogP contribution is 2.28. The summed E-state index contributed by atoms with van der Waals surface area (Å²) in [6, 6.07) is 10.7. The number of imide groups is 2. The van der Waals surface area contributed by atoms with E-state index in [1.54, 1.807) is 12.1 Å². The van der Waals surface area contributed by atoms with Gasteiger partial charge in [0, 0.05) is 0 Å². The second-order valence-corrected chi connectivity index (χ2v) is 5.38. The van der Waals surface area contributed by atoms with Crippen molar-refractivity contribution in [2.24, 2.45) is 0 Å². The number of nitrogens with zero attached hydrogens (tertiary/aromatic N) is 1. The molecule has 1 N–H and O–H groups in total. The number of hydrogen-bond acceptors (Lipinski definition) is 4. The number of urea groups is 1. The van der Waals surface area contributed by atoms with Crippen LogP contribution in [-0.2, 0) is 9.59 Å². The van der Waals surface area contributed by atoms with Crippen LogP contribution < -0.4 is 15.0 Å². The number of ether oxygens (including phenoxy) is 1. The van der Waals surface area contributed by atoms with Crippen molar-refractivity contribution in [3.63, 3.8) is 0 Å². The third-order valence-corrected chi connectivity index (χ3v) is 3.56. The maximum atomic E-state index is 12.2. The maximum Gasteiger partial charge on any atom is 0.573 e. The standard InChI is InChI=1S/C17H11F3N2O4/c18-17(19,20)26-13-7-3-11(4-8-13)10-1-5-12(6-2-10)22-15(24)9-14(23)21-16(22)25/h1-8H,9H2,(H,21,23,25). The van der Waals surface area contributed by atoms with Gasteiger partial charge in [-0.15, -0.1) is 13.2 Å². The summed E-state index contributed by atoms with van der Waals surface area (Å²) in [5.41, 5.74) is 1.56. The summed E-state index contributed by atoms with van der Waals surface area (Å²) in [5.74, 6) is -1.63. The number of carbonyl (C=O) groups excluding carboxylic acids is 3. The summed E-state index contributed by atoms with van der Waals surface area (Å²) in [4.78, 5) is 35.7. The molecule has 134 valence electrons. The van der Waals surface area contributed by atoms with Crippen LogP contribution >= 0.6 is 0 Å². The molecule has 1 heterocycles. The molecule has 2 aromatic carbocycles. The van der Waals surface area contributed by atoms with E-state index in [0.717, 1.165) is 4.90 Å². The molecule has 3 rings (SSSR count). The van der Waals surface area contributed by atoms with Gasteiger partial charge in [0.1, 0.15) is 12.2 Å². The highest BCUT2D eigenvalue weighted by molar-refractivity contribution is 6.26. The largest absolute Gasteiger partial charge is 0.573 e. The van der Waals surface area contributed by atoms with Crippen molar-refractivity contribution < 1.29 is 32.3 Å². The molecule has 6 nitrogen and oxygen atoms in total. The fourth-order valence-corrected chi connectivity index (χ4v) is 2.46. The van der Waals surface area contributed by atoms with E-state index in [4.69, 9.17) is 0 Å². The van der Waals surface area contributed by atoms with Gasteiger partial charge in [-0.3, -0.25) is 14.9 Å². The molecule has 9 heteroatoms. The topological polar surface area (TPSA) is 75.7 Å². The molecular formula is C17H11F3N2O4. The summed E-state index contributed by atoms with van der Waals surface area (Å²) < 4.78 is 40.3. The SMILES string of the molecule is O=C1CC(=O)N(c2ccc(-c3ccc(OC(F)(F)F)cc3)cc2)C(=O)N1. The number of anilines is 1. The van der Waals surface area contributed by atoms with Crippen LogP contribution in [0, 0.1) is 0 Å². The van der Waals surface area contributed by atoms with Crippen LogP contribution in [0.3, 0.4) is 0 Å². The first-order chi connectivity index (χ1) is 12.2. The zero-order valence-corrected chi connectivity index (χ0v) is 13.0. The molecule has 2 aromatic rings. The Morgan fingerprint density at radius 3 is 1.92 bits per heavy atom. The fraction of sp³-hybridized carbons (Fsp3) is 0.118. The smallest absolute Gasteiger partial charge is 0.406 e. The molecule has 1 saturated heterocycles. The Kier molecular flexibility index (Phi) is 4.37. The molecule has 1 aliphatic rings. The van der Waals surface area contributed by atoms with Crippen molar-refractivity contribution in [1.29, 1.82) is 0 Å². The lowest BCUT2D eigenvalue weighted by molar-refractivity contribution is -0.274. The minimum absolute atomic E-state index is 0.278. The molecule has 26 heavy (non-hydrogen) atoms. The van der Waals surface area contributed by atoms with Crippen LogP contribution in [0.25, 0.3) is 11.1 Å². The maximum absolute atomic E-state index is 12.2. The molecular weight excluding hydrogens is 353 g/mol. The van der Waals surface area contributed by atoms with E-state index in [0.29, 0.717) is 11.1 Å². The van der Waals surface area contributed by atoms with E-state index < -0.39 is 30.6 Å². The first kappa shape index (κ1) is 17.5. The van der Waals surface area contributed by atoms with Gasteiger partial charge in [-0.2, -0.15) is 0 Å². The zero-order valence-electron chi connectivity index (χ0n) is 13.0. The quantitative estimate of drug-likeness (QED) is 0.849. The normalized spacial score (nSPS) is 15.0. The Labute approximate surface area is 145 Å². The van der Waals surface area contributed by atoms with Crippen molar-refractivity contribution in [2.75, 3.05) is 4.90 Å². The number of barbiturate groups is 1. The molecule has 1 fully saturated rings. The van der Waals surface area contributed by atoms with E-state index in [1.807, 2.05) is 0 Å². The highest BCUT2D eigenvalue weighted by Gasteiger charge is 2.32. The predicted octanol–water partition coefficient (Wildman–Crippen LogP) is 3.23. The number of nitrogens with one attached hydrogen (secondary N) is 1. The van der Waals surface area contributed by atoms with Gasteiger partial charge in [0.25, 0.3) is 0 Å². The lowest BCUT2D eigenvalue weighted by Crippen LogP contribution is -2.52. The molecule has 0 saturated carbocycles. The molecule has 0 spiro atoms. The van der Waals surface area contributed by atoms with Gasteiger partial charge in [0.15, 0.2) is 0 Å². The van der Waals surface area contributed by atoms with Crippen LogP contribution in [0.15, 0.2) is 48.5 Å². The predicted molar refractivity (Wildman–Crippen MR) is 84.2 cm³/mol. The van der Waals surface area contributed by atoms with Crippen LogP contribution in [0.5, 0.6) is 5.75 Å². The Morgan fingerprint density at radius 1 is 0.885 bits per heavy atom. The van der Waals surface area contributed by atoms with Gasteiger partial charge in [-0.25, -0.2) is 9.69 Å². The zero-order chi connectivity index (χ0) is 18.9. The molecule has 4 amide bonds. The summed E-state index contributed by atoms with van der Waals surface area (Å²) in [6.45, 7) is 0. The highest BCUT2D eigenvalue weighted by atomic mass is 19.4. The number of alkyl halides is 3. The van der Waals surface area contributed by atoms with E-state index in [1.165, 1.54) is 36.4 Å². The third kappa shape index (κ3) is 3.82. The van der Waals surface area contributed by atoms with Crippen LogP contribution in [0.2, 0.25) is 0 Å². The van der Waals surface area contributed by atoms with Crippen molar-refractivity contribution in [3.05, 3.63) is 48.5 Å². The lowest BCUT2D eigenvalue weighted by atomic mass is 10.0. The van der Waals surface area contributed by atoms with Gasteiger partial charge in [-0.05, 0) is 35.4 Å². The monoisotopic (exact) mass is 364 g/mol. The fourth-order valence-electron chi connectivity index (χ4n) is 2.46. The van der Waals surface area contributed by atoms with Gasteiger partial charge in [0.05, 0.1) is 5.69 Å². The molecule has 1 aliphatic heterocycles. The molecule has 0 aliphatic carbocycles. The van der Waals surface area contributed by atoms with Crippen LogP contribution in [0.4, 0.5) is 23.7 Å². The van der Waals surface area contributed by atoms with Crippen molar-refractivity contribution in [3.8, 4) is 16.9 Å². The van der Waals surface area contributed by atoms with Crippen molar-refractivity contribution in [2.45, 2.75) is 12.8 Å². The molecule has 0 radical (unpaired) electrons. The summed E-state index contributed by atoms with van der Waals surface area (Å²) in [6.07, 6.45) is -5.18. The van der Waals surface area contributed by atoms with Gasteiger partial charge < -0.3 is 4.74 Å². The Bertz CT molecular complexity index is 841. The average Bonchev–Trinajstić information content (AvgIpc) is 2.54. The van der Waals surface area contributed by atoms with Crippen molar-refractivity contribution >= 4 is 23.5 Å². The Hall–Kier alpha value is -3.36. The Balaban J connectivity index is 1.78. The average molecular weight is 364 g/mol. The number of amides is 4. The molecule has 0 bridgehead atoms. The van der Waals surface area contributed by atoms with Crippen molar-refractivity contribution in [1.82, 2.24) is 5.32 Å². The van der Waals surface area contributed by atoms with Crippen LogP contribution in [-0.4, -0.2) is 24.2 Å². The van der Waals surface area contributed by atoms with E-state index in [2.05, 4.69) is 10.1 Å². The minimum Gasteiger partial charge on any atom is -0.406 e. The molecule has 0 unspecified atom stereocenters.